The third kappa shape index (κ3) is 8.81. The number of aliphatic carboxylic acids is 1. The Bertz CT molecular complexity index is 692. The van der Waals surface area contributed by atoms with E-state index >= 15 is 0 Å². The van der Waals surface area contributed by atoms with E-state index in [4.69, 9.17) is 5.73 Å². The van der Waals surface area contributed by atoms with Crippen molar-refractivity contribution in [2.24, 2.45) is 17.6 Å². The lowest BCUT2D eigenvalue weighted by Gasteiger charge is -2.28. The Morgan fingerprint density at radius 1 is 1.03 bits per heavy atom. The van der Waals surface area contributed by atoms with E-state index in [1.165, 1.54) is 0 Å². The summed E-state index contributed by atoms with van der Waals surface area (Å²) >= 11 is 0. The second-order valence-corrected chi connectivity index (χ2v) is 8.78. The van der Waals surface area contributed by atoms with Crippen LogP contribution in [0.25, 0.3) is 0 Å². The smallest absolute Gasteiger partial charge is 0.326 e. The van der Waals surface area contributed by atoms with Crippen molar-refractivity contribution in [3.8, 4) is 0 Å². The van der Waals surface area contributed by atoms with E-state index in [1.54, 1.807) is 6.92 Å². The van der Waals surface area contributed by atoms with E-state index in [1.807, 2.05) is 20.8 Å². The normalized spacial score (nSPS) is 19.5. The first-order chi connectivity index (χ1) is 15.0. The zero-order chi connectivity index (χ0) is 24.4. The Morgan fingerprint density at radius 2 is 1.69 bits per heavy atom. The number of carbonyl (C=O) groups is 5. The highest BCUT2D eigenvalue weighted by atomic mass is 16.4. The second-order valence-electron chi connectivity index (χ2n) is 8.78. The highest BCUT2D eigenvalue weighted by Crippen LogP contribution is 2.12. The number of carboxylic acids is 1. The summed E-state index contributed by atoms with van der Waals surface area (Å²) in [7, 11) is 0. The number of carboxylic acid groups (broad SMARTS) is 1. The van der Waals surface area contributed by atoms with Crippen molar-refractivity contribution in [3.63, 3.8) is 0 Å². The van der Waals surface area contributed by atoms with Gasteiger partial charge in [-0.2, -0.15) is 0 Å². The van der Waals surface area contributed by atoms with Gasteiger partial charge in [0.25, 0.3) is 0 Å². The first kappa shape index (κ1) is 27.3. The summed E-state index contributed by atoms with van der Waals surface area (Å²) in [6.45, 7) is 7.93. The molecule has 11 heteroatoms. The minimum absolute atomic E-state index is 0.0346. The summed E-state index contributed by atoms with van der Waals surface area (Å²) in [5, 5.41) is 20.0. The van der Waals surface area contributed by atoms with Gasteiger partial charge in [-0.25, -0.2) is 4.79 Å². The van der Waals surface area contributed by atoms with Gasteiger partial charge in [0, 0.05) is 0 Å². The summed E-state index contributed by atoms with van der Waals surface area (Å²) in [4.78, 5) is 61.2. The molecule has 4 amide bonds. The summed E-state index contributed by atoms with van der Waals surface area (Å²) in [5.41, 5.74) is 5.25. The fourth-order valence-corrected chi connectivity index (χ4v) is 3.50. The van der Waals surface area contributed by atoms with Crippen LogP contribution in [0.3, 0.4) is 0 Å². The van der Waals surface area contributed by atoms with Crippen LogP contribution >= 0.6 is 0 Å². The van der Waals surface area contributed by atoms with E-state index in [-0.39, 0.29) is 18.3 Å². The van der Waals surface area contributed by atoms with Crippen LogP contribution in [-0.4, -0.2) is 65.4 Å². The predicted octanol–water partition coefficient (Wildman–Crippen LogP) is -0.755. The Balaban J connectivity index is 2.95. The molecular formula is C21H37N5O6. The second kappa shape index (κ2) is 13.0. The minimum Gasteiger partial charge on any atom is -0.480 e. The van der Waals surface area contributed by atoms with Gasteiger partial charge in [0.2, 0.25) is 23.6 Å². The number of carbonyl (C=O) groups excluding carboxylic acids is 4. The lowest BCUT2D eigenvalue weighted by molar-refractivity contribution is -0.143. The first-order valence-corrected chi connectivity index (χ1v) is 11.1. The lowest BCUT2D eigenvalue weighted by atomic mass is 9.96. The molecule has 1 aliphatic heterocycles. The van der Waals surface area contributed by atoms with Crippen LogP contribution in [0, 0.1) is 11.8 Å². The summed E-state index contributed by atoms with van der Waals surface area (Å²) in [6, 6.07) is -3.84. The molecule has 1 aliphatic rings. The van der Waals surface area contributed by atoms with Crippen molar-refractivity contribution >= 4 is 29.6 Å². The zero-order valence-electron chi connectivity index (χ0n) is 19.3. The highest BCUT2D eigenvalue weighted by Gasteiger charge is 2.34. The van der Waals surface area contributed by atoms with Gasteiger partial charge in [-0.15, -0.1) is 0 Å². The van der Waals surface area contributed by atoms with Gasteiger partial charge in [0.05, 0.1) is 12.5 Å². The molecule has 1 rings (SSSR count). The van der Waals surface area contributed by atoms with Gasteiger partial charge in [-0.3, -0.25) is 19.2 Å². The molecular weight excluding hydrogens is 418 g/mol. The number of primary amides is 1. The molecule has 0 radical (unpaired) electrons. The fraction of sp³-hybridized carbons (Fsp3) is 0.762. The average Bonchev–Trinajstić information content (AvgIpc) is 3.24. The predicted molar refractivity (Wildman–Crippen MR) is 117 cm³/mol. The van der Waals surface area contributed by atoms with Crippen LogP contribution in [-0.2, 0) is 24.0 Å². The van der Waals surface area contributed by atoms with Gasteiger partial charge in [0.15, 0.2) is 0 Å². The van der Waals surface area contributed by atoms with Gasteiger partial charge in [-0.05, 0) is 37.6 Å². The molecule has 11 nitrogen and oxygen atoms in total. The van der Waals surface area contributed by atoms with E-state index in [0.29, 0.717) is 19.4 Å². The molecule has 0 aromatic heterocycles. The number of nitrogens with one attached hydrogen (secondary N) is 4. The standard InChI is InChI=1S/C21H37N5O6/c1-5-12(4)17(20(30)25-15(21(31)32)9-11(2)3)26-19(29)14(10-16(22)27)24-18(28)13-7-6-8-23-13/h11-15,17,23H,5-10H2,1-4H3,(H2,22,27)(H,24,28)(H,25,30)(H,26,29)(H,31,32). The van der Waals surface area contributed by atoms with E-state index in [2.05, 4.69) is 21.3 Å². The van der Waals surface area contributed by atoms with Crippen LogP contribution in [0.2, 0.25) is 0 Å². The van der Waals surface area contributed by atoms with Crippen LogP contribution in [0.1, 0.15) is 59.8 Å². The Labute approximate surface area is 188 Å². The summed E-state index contributed by atoms with van der Waals surface area (Å²) in [6.07, 6.45) is 1.77. The molecule has 32 heavy (non-hydrogen) atoms. The van der Waals surface area contributed by atoms with Crippen LogP contribution in [0.15, 0.2) is 0 Å². The maximum atomic E-state index is 12.9. The maximum Gasteiger partial charge on any atom is 0.326 e. The molecule has 0 saturated carbocycles. The van der Waals surface area contributed by atoms with Crippen LogP contribution < -0.4 is 27.0 Å². The zero-order valence-corrected chi connectivity index (χ0v) is 19.3. The molecule has 1 saturated heterocycles. The number of nitrogens with two attached hydrogens (primary N) is 1. The van der Waals surface area contributed by atoms with Crippen LogP contribution in [0.4, 0.5) is 0 Å². The largest absolute Gasteiger partial charge is 0.480 e. The van der Waals surface area contributed by atoms with Crippen molar-refractivity contribution in [1.29, 1.82) is 0 Å². The highest BCUT2D eigenvalue weighted by molar-refractivity contribution is 5.96. The number of rotatable bonds is 13. The first-order valence-electron chi connectivity index (χ1n) is 11.1. The molecule has 1 heterocycles. The lowest BCUT2D eigenvalue weighted by Crippen LogP contribution is -2.59. The molecule has 5 atom stereocenters. The molecule has 1 fully saturated rings. The minimum atomic E-state index is -1.24. The van der Waals surface area contributed by atoms with Crippen molar-refractivity contribution in [1.82, 2.24) is 21.3 Å². The molecule has 182 valence electrons. The molecule has 0 aromatic rings. The average molecular weight is 456 g/mol. The fourth-order valence-electron chi connectivity index (χ4n) is 3.50. The maximum absolute atomic E-state index is 12.9. The van der Waals surface area contributed by atoms with Crippen molar-refractivity contribution in [2.75, 3.05) is 6.54 Å². The number of hydrogen-bond donors (Lipinski definition) is 6. The number of amides is 4. The van der Waals surface area contributed by atoms with Gasteiger partial charge in [-0.1, -0.05) is 34.1 Å². The Kier molecular flexibility index (Phi) is 11.1. The third-order valence-electron chi connectivity index (χ3n) is 5.53. The van der Waals surface area contributed by atoms with Crippen molar-refractivity contribution in [3.05, 3.63) is 0 Å². The van der Waals surface area contributed by atoms with Gasteiger partial charge >= 0.3 is 5.97 Å². The summed E-state index contributed by atoms with van der Waals surface area (Å²) in [5.74, 6) is -4.02. The van der Waals surface area contributed by atoms with Gasteiger partial charge < -0.3 is 32.1 Å². The molecule has 0 aliphatic carbocycles. The molecule has 0 bridgehead atoms. The van der Waals surface area contributed by atoms with E-state index in [9.17, 15) is 29.1 Å². The van der Waals surface area contributed by atoms with E-state index in [0.717, 1.165) is 6.42 Å². The Morgan fingerprint density at radius 3 is 2.16 bits per heavy atom. The Hall–Kier alpha value is -2.69. The third-order valence-corrected chi connectivity index (χ3v) is 5.53. The monoisotopic (exact) mass is 455 g/mol. The van der Waals surface area contributed by atoms with Crippen molar-refractivity contribution < 1.29 is 29.1 Å². The number of hydrogen-bond acceptors (Lipinski definition) is 6. The molecule has 0 spiro atoms. The van der Waals surface area contributed by atoms with Crippen molar-refractivity contribution in [2.45, 2.75) is 84.0 Å². The quantitative estimate of drug-likeness (QED) is 0.211. The molecule has 5 unspecified atom stereocenters. The summed E-state index contributed by atoms with van der Waals surface area (Å²) < 4.78 is 0. The molecule has 7 N–H and O–H groups in total. The van der Waals surface area contributed by atoms with Crippen LogP contribution in [0.5, 0.6) is 0 Å². The SMILES string of the molecule is CCC(C)C(NC(=O)C(CC(N)=O)NC(=O)C1CCCN1)C(=O)NC(CC(C)C)C(=O)O. The molecule has 0 aromatic carbocycles. The van der Waals surface area contributed by atoms with Gasteiger partial charge in [0.1, 0.15) is 18.1 Å². The van der Waals surface area contributed by atoms with E-state index < -0.39 is 60.2 Å². The topological polar surface area (TPSA) is 180 Å².